The Labute approximate surface area is 120 Å². The van der Waals surface area contributed by atoms with Crippen molar-refractivity contribution in [2.45, 2.75) is 9.96 Å². The smallest absolute Gasteiger partial charge is 0.122 e. The van der Waals surface area contributed by atoms with Crippen LogP contribution in [-0.2, 0) is 5.75 Å². The molecule has 96 valence electrons. The van der Waals surface area contributed by atoms with Crippen molar-refractivity contribution in [2.75, 3.05) is 7.11 Å². The summed E-state index contributed by atoms with van der Waals surface area (Å²) in [6.45, 7) is 0. The van der Waals surface area contributed by atoms with Crippen LogP contribution in [0.3, 0.4) is 0 Å². The van der Waals surface area contributed by atoms with Crippen molar-refractivity contribution >= 4 is 33.2 Å². The summed E-state index contributed by atoms with van der Waals surface area (Å²) in [6.07, 6.45) is 1.79. The SMILES string of the molecule is COc1ccnc(CSc2cc3ccccc3s2)c1. The largest absolute Gasteiger partial charge is 0.497 e. The topological polar surface area (TPSA) is 22.1 Å². The molecule has 0 saturated heterocycles. The van der Waals surface area contributed by atoms with E-state index < -0.39 is 0 Å². The van der Waals surface area contributed by atoms with Crippen molar-refractivity contribution in [3.63, 3.8) is 0 Å². The predicted octanol–water partition coefficient (Wildman–Crippen LogP) is 4.60. The molecule has 0 aliphatic heterocycles. The van der Waals surface area contributed by atoms with E-state index in [4.69, 9.17) is 4.74 Å². The lowest BCUT2D eigenvalue weighted by molar-refractivity contribution is 0.413. The molecule has 0 aliphatic carbocycles. The second kappa shape index (κ2) is 5.63. The van der Waals surface area contributed by atoms with E-state index in [0.717, 1.165) is 17.2 Å². The minimum absolute atomic E-state index is 0.863. The highest BCUT2D eigenvalue weighted by molar-refractivity contribution is 8.00. The highest BCUT2D eigenvalue weighted by Crippen LogP contribution is 2.34. The van der Waals surface area contributed by atoms with Gasteiger partial charge in [0.15, 0.2) is 0 Å². The van der Waals surface area contributed by atoms with Gasteiger partial charge in [0.25, 0.3) is 0 Å². The molecule has 1 aromatic carbocycles. The van der Waals surface area contributed by atoms with E-state index in [-0.39, 0.29) is 0 Å². The molecule has 2 nitrogen and oxygen atoms in total. The van der Waals surface area contributed by atoms with Crippen LogP contribution in [0.5, 0.6) is 5.75 Å². The Kier molecular flexibility index (Phi) is 3.71. The van der Waals surface area contributed by atoms with Gasteiger partial charge >= 0.3 is 0 Å². The fourth-order valence-corrected chi connectivity index (χ4v) is 3.97. The van der Waals surface area contributed by atoms with Gasteiger partial charge in [-0.3, -0.25) is 4.98 Å². The normalized spacial score (nSPS) is 10.8. The van der Waals surface area contributed by atoms with E-state index in [2.05, 4.69) is 35.3 Å². The maximum absolute atomic E-state index is 5.21. The molecule has 4 heteroatoms. The number of pyridine rings is 1. The van der Waals surface area contributed by atoms with Crippen LogP contribution >= 0.6 is 23.1 Å². The van der Waals surface area contributed by atoms with Crippen LogP contribution in [0.4, 0.5) is 0 Å². The number of rotatable bonds is 4. The number of benzene rings is 1. The number of hydrogen-bond acceptors (Lipinski definition) is 4. The van der Waals surface area contributed by atoms with E-state index in [9.17, 15) is 0 Å². The van der Waals surface area contributed by atoms with E-state index in [0.29, 0.717) is 0 Å². The van der Waals surface area contributed by atoms with Gasteiger partial charge in [-0.25, -0.2) is 0 Å². The van der Waals surface area contributed by atoms with E-state index >= 15 is 0 Å². The van der Waals surface area contributed by atoms with Crippen LogP contribution in [0, 0.1) is 0 Å². The molecule has 19 heavy (non-hydrogen) atoms. The zero-order valence-electron chi connectivity index (χ0n) is 10.5. The zero-order valence-corrected chi connectivity index (χ0v) is 12.1. The first-order valence-corrected chi connectivity index (χ1v) is 7.75. The van der Waals surface area contributed by atoms with Crippen molar-refractivity contribution < 1.29 is 4.74 Å². The van der Waals surface area contributed by atoms with Crippen molar-refractivity contribution in [3.8, 4) is 5.75 Å². The first-order chi connectivity index (χ1) is 9.35. The minimum Gasteiger partial charge on any atom is -0.497 e. The Hall–Kier alpha value is -1.52. The number of nitrogens with zero attached hydrogens (tertiary/aromatic N) is 1. The minimum atomic E-state index is 0.863. The number of hydrogen-bond donors (Lipinski definition) is 0. The Morgan fingerprint density at radius 1 is 1.21 bits per heavy atom. The Morgan fingerprint density at radius 2 is 2.11 bits per heavy atom. The van der Waals surface area contributed by atoms with Crippen LogP contribution in [-0.4, -0.2) is 12.1 Å². The Bertz CT molecular complexity index is 660. The molecule has 0 spiro atoms. The lowest BCUT2D eigenvalue weighted by Gasteiger charge is -2.02. The van der Waals surface area contributed by atoms with Crippen LogP contribution in [0.2, 0.25) is 0 Å². The molecular formula is C15H13NOS2. The van der Waals surface area contributed by atoms with Crippen molar-refractivity contribution in [1.29, 1.82) is 0 Å². The summed E-state index contributed by atoms with van der Waals surface area (Å²) >= 11 is 3.65. The average Bonchev–Trinajstić information content (AvgIpc) is 2.88. The number of aromatic nitrogens is 1. The number of thiophene rings is 1. The van der Waals surface area contributed by atoms with Gasteiger partial charge in [-0.1, -0.05) is 18.2 Å². The summed E-state index contributed by atoms with van der Waals surface area (Å²) < 4.78 is 7.87. The molecule has 0 fully saturated rings. The number of fused-ring (bicyclic) bond motifs is 1. The Morgan fingerprint density at radius 3 is 2.95 bits per heavy atom. The molecule has 0 radical (unpaired) electrons. The highest BCUT2D eigenvalue weighted by Gasteiger charge is 2.03. The van der Waals surface area contributed by atoms with Gasteiger partial charge in [-0.05, 0) is 23.6 Å². The molecule has 3 aromatic rings. The first-order valence-electron chi connectivity index (χ1n) is 5.95. The standard InChI is InChI=1S/C15H13NOS2/c1-17-13-6-7-16-12(9-13)10-18-15-8-11-4-2-3-5-14(11)19-15/h2-9H,10H2,1H3. The van der Waals surface area contributed by atoms with Crippen molar-refractivity contribution in [2.24, 2.45) is 0 Å². The third-order valence-corrected chi connectivity index (χ3v) is 5.15. The summed E-state index contributed by atoms with van der Waals surface area (Å²) in [7, 11) is 1.68. The van der Waals surface area contributed by atoms with Crippen molar-refractivity contribution in [3.05, 3.63) is 54.4 Å². The third-order valence-electron chi connectivity index (χ3n) is 2.79. The average molecular weight is 287 g/mol. The van der Waals surface area contributed by atoms with Gasteiger partial charge < -0.3 is 4.74 Å². The lowest BCUT2D eigenvalue weighted by atomic mass is 10.3. The summed E-state index contributed by atoms with van der Waals surface area (Å²) in [5.41, 5.74) is 1.04. The van der Waals surface area contributed by atoms with E-state index in [1.807, 2.05) is 35.2 Å². The number of methoxy groups -OCH3 is 1. The van der Waals surface area contributed by atoms with Gasteiger partial charge in [0.1, 0.15) is 5.75 Å². The second-order valence-corrected chi connectivity index (χ2v) is 6.44. The van der Waals surface area contributed by atoms with Crippen LogP contribution < -0.4 is 4.74 Å². The Balaban J connectivity index is 1.74. The number of thioether (sulfide) groups is 1. The van der Waals surface area contributed by atoms with Gasteiger partial charge in [-0.2, -0.15) is 0 Å². The van der Waals surface area contributed by atoms with Crippen molar-refractivity contribution in [1.82, 2.24) is 4.98 Å². The maximum Gasteiger partial charge on any atom is 0.122 e. The predicted molar refractivity (Wildman–Crippen MR) is 82.2 cm³/mol. The van der Waals surface area contributed by atoms with Crippen LogP contribution in [0.1, 0.15) is 5.69 Å². The zero-order chi connectivity index (χ0) is 13.1. The molecule has 0 unspecified atom stereocenters. The molecule has 3 rings (SSSR count). The van der Waals surface area contributed by atoms with Crippen LogP contribution in [0.25, 0.3) is 10.1 Å². The quantitative estimate of drug-likeness (QED) is 0.655. The van der Waals surface area contributed by atoms with Crippen LogP contribution in [0.15, 0.2) is 52.9 Å². The summed E-state index contributed by atoms with van der Waals surface area (Å²) in [6, 6.07) is 14.6. The first kappa shape index (κ1) is 12.5. The third kappa shape index (κ3) is 2.91. The van der Waals surface area contributed by atoms with Gasteiger partial charge in [0.05, 0.1) is 17.0 Å². The molecule has 0 atom stereocenters. The van der Waals surface area contributed by atoms with E-state index in [1.165, 1.54) is 14.3 Å². The molecule has 2 aromatic heterocycles. The maximum atomic E-state index is 5.21. The molecule has 0 N–H and O–H groups in total. The second-order valence-electron chi connectivity index (χ2n) is 4.08. The summed E-state index contributed by atoms with van der Waals surface area (Å²) in [4.78, 5) is 4.36. The fourth-order valence-electron chi connectivity index (χ4n) is 1.84. The molecule has 0 amide bonds. The van der Waals surface area contributed by atoms with E-state index in [1.54, 1.807) is 13.3 Å². The molecule has 0 saturated carbocycles. The number of ether oxygens (including phenoxy) is 1. The van der Waals surface area contributed by atoms with Gasteiger partial charge in [0, 0.05) is 22.7 Å². The summed E-state index contributed by atoms with van der Waals surface area (Å²) in [5.74, 6) is 1.73. The summed E-state index contributed by atoms with van der Waals surface area (Å²) in [5, 5.41) is 1.31. The monoisotopic (exact) mass is 287 g/mol. The molecule has 0 bridgehead atoms. The van der Waals surface area contributed by atoms with Gasteiger partial charge in [-0.15, -0.1) is 23.1 Å². The van der Waals surface area contributed by atoms with Gasteiger partial charge in [0.2, 0.25) is 0 Å². The molecule has 2 heterocycles. The molecular weight excluding hydrogens is 274 g/mol. The highest BCUT2D eigenvalue weighted by atomic mass is 32.2. The fraction of sp³-hybridized carbons (Fsp3) is 0.133. The molecule has 0 aliphatic rings. The lowest BCUT2D eigenvalue weighted by Crippen LogP contribution is -1.88.